The maximum Gasteiger partial charge on any atom is 0.230 e. The standard InChI is InChI=1S/C12H17N3O3/c1-8(11(13)15-18)12(17)14-7-6-9-2-4-10(16)5-3-9/h2-5,8,16,18H,6-7H2,1H3,(H2,13,15)(H,14,17). The number of amides is 1. The SMILES string of the molecule is CC(C(=O)NCCc1ccc(O)cc1)C(N)=NO. The van der Waals surface area contributed by atoms with Crippen LogP contribution >= 0.6 is 0 Å². The molecular formula is C12H17N3O3. The summed E-state index contributed by atoms with van der Waals surface area (Å²) in [5.74, 6) is -0.848. The number of carbonyl (C=O) groups is 1. The van der Waals surface area contributed by atoms with Crippen LogP contribution in [0.1, 0.15) is 12.5 Å². The van der Waals surface area contributed by atoms with Crippen molar-refractivity contribution in [3.8, 4) is 5.75 Å². The van der Waals surface area contributed by atoms with E-state index in [4.69, 9.17) is 16.0 Å². The molecule has 0 saturated carbocycles. The number of nitrogens with two attached hydrogens (primary N) is 1. The van der Waals surface area contributed by atoms with Crippen molar-refractivity contribution in [3.05, 3.63) is 29.8 Å². The van der Waals surface area contributed by atoms with Crippen LogP contribution in [0.4, 0.5) is 0 Å². The van der Waals surface area contributed by atoms with Crippen molar-refractivity contribution in [1.29, 1.82) is 0 Å². The Morgan fingerprint density at radius 2 is 2.06 bits per heavy atom. The van der Waals surface area contributed by atoms with Gasteiger partial charge in [-0.25, -0.2) is 0 Å². The van der Waals surface area contributed by atoms with Gasteiger partial charge in [-0.3, -0.25) is 4.79 Å². The van der Waals surface area contributed by atoms with Crippen LogP contribution in [0.15, 0.2) is 29.4 Å². The lowest BCUT2D eigenvalue weighted by molar-refractivity contribution is -0.122. The normalized spacial score (nSPS) is 13.1. The molecule has 0 radical (unpaired) electrons. The van der Waals surface area contributed by atoms with E-state index in [2.05, 4.69) is 10.5 Å². The minimum Gasteiger partial charge on any atom is -0.508 e. The fourth-order valence-corrected chi connectivity index (χ4v) is 1.37. The van der Waals surface area contributed by atoms with Crippen LogP contribution in [0.5, 0.6) is 5.75 Å². The Morgan fingerprint density at radius 1 is 1.44 bits per heavy atom. The van der Waals surface area contributed by atoms with Gasteiger partial charge in [-0.05, 0) is 31.0 Å². The van der Waals surface area contributed by atoms with E-state index in [0.717, 1.165) is 5.56 Å². The minimum absolute atomic E-state index is 0.114. The molecule has 0 aliphatic rings. The van der Waals surface area contributed by atoms with E-state index in [-0.39, 0.29) is 17.5 Å². The Labute approximate surface area is 105 Å². The van der Waals surface area contributed by atoms with Gasteiger partial charge in [0.05, 0.1) is 5.92 Å². The summed E-state index contributed by atoms with van der Waals surface area (Å²) in [6.45, 7) is 2.01. The molecule has 0 aliphatic carbocycles. The molecule has 1 unspecified atom stereocenters. The Kier molecular flexibility index (Phi) is 4.98. The third kappa shape index (κ3) is 3.97. The van der Waals surface area contributed by atoms with E-state index in [1.54, 1.807) is 31.2 Å². The van der Waals surface area contributed by atoms with Crippen LogP contribution < -0.4 is 11.1 Å². The molecule has 1 aromatic carbocycles. The van der Waals surface area contributed by atoms with Gasteiger partial charge in [-0.2, -0.15) is 0 Å². The first kappa shape index (κ1) is 13.8. The Bertz CT molecular complexity index is 429. The summed E-state index contributed by atoms with van der Waals surface area (Å²) < 4.78 is 0. The molecule has 0 bridgehead atoms. The van der Waals surface area contributed by atoms with Crippen molar-refractivity contribution in [2.45, 2.75) is 13.3 Å². The zero-order valence-electron chi connectivity index (χ0n) is 10.1. The van der Waals surface area contributed by atoms with Crippen LogP contribution in [0.25, 0.3) is 0 Å². The van der Waals surface area contributed by atoms with E-state index in [0.29, 0.717) is 13.0 Å². The molecule has 1 rings (SSSR count). The number of hydrogen-bond acceptors (Lipinski definition) is 4. The molecule has 5 N–H and O–H groups in total. The third-order valence-electron chi connectivity index (χ3n) is 2.60. The fraction of sp³-hybridized carbons (Fsp3) is 0.333. The average Bonchev–Trinajstić information content (AvgIpc) is 2.39. The zero-order chi connectivity index (χ0) is 13.5. The molecule has 0 aliphatic heterocycles. The second kappa shape index (κ2) is 6.48. The highest BCUT2D eigenvalue weighted by Crippen LogP contribution is 2.09. The second-order valence-corrected chi connectivity index (χ2v) is 3.95. The number of hydrogen-bond donors (Lipinski definition) is 4. The van der Waals surface area contributed by atoms with Crippen molar-refractivity contribution in [3.63, 3.8) is 0 Å². The molecule has 0 saturated heterocycles. The predicted molar refractivity (Wildman–Crippen MR) is 67.4 cm³/mol. The highest BCUT2D eigenvalue weighted by atomic mass is 16.4. The highest BCUT2D eigenvalue weighted by molar-refractivity contribution is 6.01. The number of rotatable bonds is 5. The molecule has 1 amide bonds. The van der Waals surface area contributed by atoms with E-state index in [1.807, 2.05) is 0 Å². The van der Waals surface area contributed by atoms with Crippen molar-refractivity contribution in [2.75, 3.05) is 6.54 Å². The van der Waals surface area contributed by atoms with Gasteiger partial charge in [0.25, 0.3) is 0 Å². The molecule has 6 nitrogen and oxygen atoms in total. The quantitative estimate of drug-likeness (QED) is 0.263. The van der Waals surface area contributed by atoms with E-state index >= 15 is 0 Å². The molecule has 1 aromatic rings. The predicted octanol–water partition coefficient (Wildman–Crippen LogP) is 0.433. The van der Waals surface area contributed by atoms with Gasteiger partial charge in [0.1, 0.15) is 5.75 Å². The van der Waals surface area contributed by atoms with Crippen LogP contribution in [0, 0.1) is 5.92 Å². The lowest BCUT2D eigenvalue weighted by Crippen LogP contribution is -2.38. The summed E-state index contributed by atoms with van der Waals surface area (Å²) in [6, 6.07) is 6.76. The van der Waals surface area contributed by atoms with Gasteiger partial charge >= 0.3 is 0 Å². The van der Waals surface area contributed by atoms with Gasteiger partial charge < -0.3 is 21.4 Å². The summed E-state index contributed by atoms with van der Waals surface area (Å²) in [5.41, 5.74) is 6.33. The maximum absolute atomic E-state index is 11.6. The number of phenols is 1. The Hall–Kier alpha value is -2.24. The first-order chi connectivity index (χ1) is 8.54. The average molecular weight is 251 g/mol. The number of nitrogens with one attached hydrogen (secondary N) is 1. The number of nitrogens with zero attached hydrogens (tertiary/aromatic N) is 1. The van der Waals surface area contributed by atoms with Crippen molar-refractivity contribution in [1.82, 2.24) is 5.32 Å². The Morgan fingerprint density at radius 3 is 2.61 bits per heavy atom. The van der Waals surface area contributed by atoms with Gasteiger partial charge in [-0.15, -0.1) is 0 Å². The van der Waals surface area contributed by atoms with Gasteiger partial charge in [0.2, 0.25) is 5.91 Å². The number of phenolic OH excluding ortho intramolecular Hbond substituents is 1. The molecule has 98 valence electrons. The number of benzene rings is 1. The van der Waals surface area contributed by atoms with Gasteiger partial charge in [0, 0.05) is 6.54 Å². The van der Waals surface area contributed by atoms with Crippen LogP contribution in [0.2, 0.25) is 0 Å². The van der Waals surface area contributed by atoms with Crippen LogP contribution in [-0.2, 0) is 11.2 Å². The van der Waals surface area contributed by atoms with Crippen molar-refractivity contribution >= 4 is 11.7 Å². The van der Waals surface area contributed by atoms with Crippen molar-refractivity contribution < 1.29 is 15.1 Å². The molecule has 0 spiro atoms. The third-order valence-corrected chi connectivity index (χ3v) is 2.60. The molecule has 0 fully saturated rings. The van der Waals surface area contributed by atoms with Crippen LogP contribution in [-0.4, -0.2) is 28.6 Å². The van der Waals surface area contributed by atoms with Crippen LogP contribution in [0.3, 0.4) is 0 Å². The molecule has 0 heterocycles. The van der Waals surface area contributed by atoms with Gasteiger partial charge in [0.15, 0.2) is 5.84 Å². The lowest BCUT2D eigenvalue weighted by Gasteiger charge is -2.10. The number of aromatic hydroxyl groups is 1. The number of carbonyl (C=O) groups excluding carboxylic acids is 1. The summed E-state index contributed by atoms with van der Waals surface area (Å²) in [5, 5.41) is 23.0. The monoisotopic (exact) mass is 251 g/mol. The fourth-order valence-electron chi connectivity index (χ4n) is 1.37. The molecule has 6 heteroatoms. The van der Waals surface area contributed by atoms with Crippen molar-refractivity contribution in [2.24, 2.45) is 16.8 Å². The number of oxime groups is 1. The molecular weight excluding hydrogens is 234 g/mol. The topological polar surface area (TPSA) is 108 Å². The smallest absolute Gasteiger partial charge is 0.230 e. The molecule has 1 atom stereocenters. The summed E-state index contributed by atoms with van der Waals surface area (Å²) in [6.07, 6.45) is 0.648. The molecule has 0 aromatic heterocycles. The number of amidine groups is 1. The van der Waals surface area contributed by atoms with E-state index in [9.17, 15) is 4.79 Å². The summed E-state index contributed by atoms with van der Waals surface area (Å²) in [7, 11) is 0. The minimum atomic E-state index is -0.658. The maximum atomic E-state index is 11.6. The first-order valence-corrected chi connectivity index (χ1v) is 5.57. The van der Waals surface area contributed by atoms with Gasteiger partial charge in [-0.1, -0.05) is 17.3 Å². The Balaban J connectivity index is 2.38. The molecule has 18 heavy (non-hydrogen) atoms. The largest absolute Gasteiger partial charge is 0.508 e. The summed E-state index contributed by atoms with van der Waals surface area (Å²) in [4.78, 5) is 11.6. The second-order valence-electron chi connectivity index (χ2n) is 3.95. The summed E-state index contributed by atoms with van der Waals surface area (Å²) >= 11 is 0. The van der Waals surface area contributed by atoms with E-state index in [1.165, 1.54) is 0 Å². The first-order valence-electron chi connectivity index (χ1n) is 5.57. The lowest BCUT2D eigenvalue weighted by atomic mass is 10.1. The van der Waals surface area contributed by atoms with E-state index < -0.39 is 5.92 Å². The zero-order valence-corrected chi connectivity index (χ0v) is 10.1. The highest BCUT2D eigenvalue weighted by Gasteiger charge is 2.16.